The van der Waals surface area contributed by atoms with Crippen molar-refractivity contribution in [2.45, 2.75) is 33.7 Å². The summed E-state index contributed by atoms with van der Waals surface area (Å²) in [6.07, 6.45) is 0. The zero-order valence-electron chi connectivity index (χ0n) is 7.92. The van der Waals surface area contributed by atoms with Crippen molar-refractivity contribution in [3.05, 3.63) is 17.2 Å². The van der Waals surface area contributed by atoms with Gasteiger partial charge in [0.2, 0.25) is 0 Å². The molecule has 0 radical (unpaired) electrons. The average Bonchev–Trinajstić information content (AvgIpc) is 2.51. The normalized spacial score (nSPS) is 21.8. The lowest BCUT2D eigenvalue weighted by atomic mass is 10.1. The molecule has 1 aromatic heterocycles. The molecule has 0 N–H and O–H groups in total. The number of rotatable bonds is 0. The highest BCUT2D eigenvalue weighted by molar-refractivity contribution is 5.65. The summed E-state index contributed by atoms with van der Waals surface area (Å²) in [4.78, 5) is 0. The zero-order chi connectivity index (χ0) is 8.88. The summed E-state index contributed by atoms with van der Waals surface area (Å²) in [6.45, 7) is 8.46. The molecule has 1 aliphatic rings. The van der Waals surface area contributed by atoms with Gasteiger partial charge in [0.05, 0.1) is 6.04 Å². The smallest absolute Gasteiger partial charge is 0.160 e. The van der Waals surface area contributed by atoms with E-state index < -0.39 is 0 Å². The summed E-state index contributed by atoms with van der Waals surface area (Å²) < 4.78 is 2.19. The third-order valence-corrected chi connectivity index (χ3v) is 2.81. The maximum atomic E-state index is 4.13. The van der Waals surface area contributed by atoms with Crippen molar-refractivity contribution >= 4 is 5.57 Å². The number of fused-ring (bicyclic) bond motifs is 1. The molecule has 1 aromatic rings. The molecule has 3 nitrogen and oxygen atoms in total. The largest absolute Gasteiger partial charge is 0.304 e. The lowest BCUT2D eigenvalue weighted by Crippen LogP contribution is -2.04. The van der Waals surface area contributed by atoms with Crippen molar-refractivity contribution in [2.24, 2.45) is 0 Å². The minimum atomic E-state index is 0.440. The summed E-state index contributed by atoms with van der Waals surface area (Å²) in [6, 6.07) is 0.440. The van der Waals surface area contributed by atoms with Gasteiger partial charge >= 0.3 is 0 Å². The Morgan fingerprint density at radius 3 is 2.42 bits per heavy atom. The van der Waals surface area contributed by atoms with E-state index in [2.05, 4.69) is 35.5 Å². The van der Waals surface area contributed by atoms with Gasteiger partial charge in [0.15, 0.2) is 5.82 Å². The van der Waals surface area contributed by atoms with Crippen molar-refractivity contribution < 1.29 is 0 Å². The van der Waals surface area contributed by atoms with Crippen LogP contribution in [0.15, 0.2) is 5.57 Å². The lowest BCUT2D eigenvalue weighted by molar-refractivity contribution is 0.624. The van der Waals surface area contributed by atoms with Gasteiger partial charge in [0.25, 0.3) is 0 Å². The molecule has 3 heteroatoms. The number of aryl methyl sites for hydroxylation is 1. The Labute approximate surface area is 72.1 Å². The van der Waals surface area contributed by atoms with Crippen LogP contribution in [0.5, 0.6) is 0 Å². The number of aromatic nitrogens is 3. The predicted molar refractivity (Wildman–Crippen MR) is 47.7 cm³/mol. The molecule has 0 saturated carbocycles. The Bertz CT molecular complexity index is 360. The van der Waals surface area contributed by atoms with Gasteiger partial charge in [-0.3, -0.25) is 0 Å². The Balaban J connectivity index is 2.66. The van der Waals surface area contributed by atoms with E-state index in [0.29, 0.717) is 6.04 Å². The van der Waals surface area contributed by atoms with Gasteiger partial charge in [-0.05, 0) is 38.8 Å². The van der Waals surface area contributed by atoms with Crippen molar-refractivity contribution in [3.8, 4) is 0 Å². The molecule has 1 aliphatic heterocycles. The van der Waals surface area contributed by atoms with E-state index in [9.17, 15) is 0 Å². The first-order valence-corrected chi connectivity index (χ1v) is 4.22. The maximum absolute atomic E-state index is 4.13. The van der Waals surface area contributed by atoms with Crippen molar-refractivity contribution in [1.29, 1.82) is 0 Å². The van der Waals surface area contributed by atoms with E-state index in [1.165, 1.54) is 11.1 Å². The van der Waals surface area contributed by atoms with Gasteiger partial charge in [0, 0.05) is 0 Å². The fraction of sp³-hybridized carbons (Fsp3) is 0.556. The van der Waals surface area contributed by atoms with Gasteiger partial charge in [-0.25, -0.2) is 0 Å². The first kappa shape index (κ1) is 7.53. The summed E-state index contributed by atoms with van der Waals surface area (Å²) >= 11 is 0. The van der Waals surface area contributed by atoms with Crippen molar-refractivity contribution in [2.75, 3.05) is 0 Å². The van der Waals surface area contributed by atoms with E-state index in [1.54, 1.807) is 0 Å². The molecule has 0 spiro atoms. The second-order valence-corrected chi connectivity index (χ2v) is 3.42. The molecule has 0 amide bonds. The summed E-state index contributed by atoms with van der Waals surface area (Å²) in [7, 11) is 0. The zero-order valence-corrected chi connectivity index (χ0v) is 7.92. The van der Waals surface area contributed by atoms with Crippen molar-refractivity contribution in [1.82, 2.24) is 14.8 Å². The summed E-state index contributed by atoms with van der Waals surface area (Å²) in [5, 5.41) is 8.19. The lowest BCUT2D eigenvalue weighted by Gasteiger charge is -2.08. The Morgan fingerprint density at radius 2 is 1.83 bits per heavy atom. The molecule has 0 aromatic carbocycles. The Kier molecular flexibility index (Phi) is 1.37. The quantitative estimate of drug-likeness (QED) is 0.585. The minimum Gasteiger partial charge on any atom is -0.304 e. The van der Waals surface area contributed by atoms with E-state index in [-0.39, 0.29) is 0 Å². The minimum absolute atomic E-state index is 0.440. The maximum Gasteiger partial charge on any atom is 0.160 e. The van der Waals surface area contributed by atoms with Crippen LogP contribution < -0.4 is 0 Å². The molecular formula is C9H13N3. The highest BCUT2D eigenvalue weighted by Crippen LogP contribution is 2.34. The molecule has 0 bridgehead atoms. The molecule has 2 rings (SSSR count). The van der Waals surface area contributed by atoms with E-state index in [1.807, 2.05) is 6.92 Å². The highest BCUT2D eigenvalue weighted by atomic mass is 15.3. The Morgan fingerprint density at radius 1 is 1.17 bits per heavy atom. The van der Waals surface area contributed by atoms with E-state index >= 15 is 0 Å². The summed E-state index contributed by atoms with van der Waals surface area (Å²) in [5.74, 6) is 2.05. The second kappa shape index (κ2) is 2.19. The fourth-order valence-corrected chi connectivity index (χ4v) is 1.77. The molecule has 64 valence electrons. The number of hydrogen-bond donors (Lipinski definition) is 0. The number of hydrogen-bond acceptors (Lipinski definition) is 2. The molecule has 12 heavy (non-hydrogen) atoms. The molecule has 2 heterocycles. The molecular weight excluding hydrogens is 150 g/mol. The van der Waals surface area contributed by atoms with Crippen LogP contribution in [-0.2, 0) is 0 Å². The highest BCUT2D eigenvalue weighted by Gasteiger charge is 2.25. The molecule has 1 atom stereocenters. The third-order valence-electron chi connectivity index (χ3n) is 2.81. The third kappa shape index (κ3) is 0.709. The van der Waals surface area contributed by atoms with Crippen LogP contribution >= 0.6 is 0 Å². The monoisotopic (exact) mass is 163 g/mol. The van der Waals surface area contributed by atoms with Crippen LogP contribution in [-0.4, -0.2) is 14.8 Å². The van der Waals surface area contributed by atoms with Crippen LogP contribution in [0.3, 0.4) is 0 Å². The topological polar surface area (TPSA) is 30.7 Å². The number of allylic oxidation sites excluding steroid dienone is 2. The van der Waals surface area contributed by atoms with E-state index in [0.717, 1.165) is 11.6 Å². The first-order valence-electron chi connectivity index (χ1n) is 4.22. The van der Waals surface area contributed by atoms with Crippen LogP contribution in [0.4, 0.5) is 0 Å². The van der Waals surface area contributed by atoms with Crippen LogP contribution in [0, 0.1) is 6.92 Å². The van der Waals surface area contributed by atoms with Crippen LogP contribution in [0.1, 0.15) is 38.5 Å². The van der Waals surface area contributed by atoms with Gasteiger partial charge in [-0.15, -0.1) is 10.2 Å². The Hall–Kier alpha value is -1.12. The average molecular weight is 163 g/mol. The van der Waals surface area contributed by atoms with Gasteiger partial charge in [-0.1, -0.05) is 0 Å². The molecule has 0 fully saturated rings. The first-order chi connectivity index (χ1) is 5.63. The SMILES string of the molecule is CC1=C(C)C(C)n2c(C)nnc21. The van der Waals surface area contributed by atoms with Crippen LogP contribution in [0.25, 0.3) is 5.57 Å². The van der Waals surface area contributed by atoms with Crippen LogP contribution in [0.2, 0.25) is 0 Å². The molecule has 0 saturated heterocycles. The second-order valence-electron chi connectivity index (χ2n) is 3.42. The molecule has 1 unspecified atom stereocenters. The van der Waals surface area contributed by atoms with Gasteiger partial charge in [0.1, 0.15) is 5.82 Å². The van der Waals surface area contributed by atoms with E-state index in [4.69, 9.17) is 0 Å². The molecule has 0 aliphatic carbocycles. The predicted octanol–water partition coefficient (Wildman–Crippen LogP) is 1.95. The fourth-order valence-electron chi connectivity index (χ4n) is 1.77. The van der Waals surface area contributed by atoms with Gasteiger partial charge in [-0.2, -0.15) is 0 Å². The van der Waals surface area contributed by atoms with Gasteiger partial charge < -0.3 is 4.57 Å². The number of nitrogens with zero attached hydrogens (tertiary/aromatic N) is 3. The standard InChI is InChI=1S/C9H13N3/c1-5-6(2)9-11-10-8(4)12(9)7(5)3/h7H,1-4H3. The summed E-state index contributed by atoms with van der Waals surface area (Å²) in [5.41, 5.74) is 2.69. The van der Waals surface area contributed by atoms with Crippen molar-refractivity contribution in [3.63, 3.8) is 0 Å².